The van der Waals surface area contributed by atoms with Gasteiger partial charge in [0, 0.05) is 24.7 Å². The van der Waals surface area contributed by atoms with E-state index in [1.54, 1.807) is 24.5 Å². The predicted molar refractivity (Wildman–Crippen MR) is 128 cm³/mol. The van der Waals surface area contributed by atoms with Gasteiger partial charge in [-0.25, -0.2) is 0 Å². The van der Waals surface area contributed by atoms with Gasteiger partial charge < -0.3 is 9.73 Å². The first-order valence-electron chi connectivity index (χ1n) is 9.84. The second-order valence-electron chi connectivity index (χ2n) is 6.94. The Bertz CT molecular complexity index is 1110. The van der Waals surface area contributed by atoms with Crippen LogP contribution in [0.2, 0.25) is 0 Å². The topological polar surface area (TPSA) is 62.6 Å². The highest BCUT2D eigenvalue weighted by Gasteiger charge is 2.31. The van der Waals surface area contributed by atoms with Gasteiger partial charge in [-0.2, -0.15) is 0 Å². The Labute approximate surface area is 190 Å². The van der Waals surface area contributed by atoms with Gasteiger partial charge in [-0.3, -0.25) is 14.5 Å². The van der Waals surface area contributed by atoms with Gasteiger partial charge in [-0.05, 0) is 41.8 Å². The summed E-state index contributed by atoms with van der Waals surface area (Å²) in [5, 5.41) is 2.90. The molecule has 1 aliphatic rings. The number of hydrogen-bond acceptors (Lipinski definition) is 5. The molecule has 0 unspecified atom stereocenters. The van der Waals surface area contributed by atoms with Crippen molar-refractivity contribution in [2.45, 2.75) is 12.8 Å². The van der Waals surface area contributed by atoms with Crippen LogP contribution in [0.4, 0.5) is 5.69 Å². The Morgan fingerprint density at radius 1 is 1.03 bits per heavy atom. The van der Waals surface area contributed by atoms with E-state index < -0.39 is 0 Å². The van der Waals surface area contributed by atoms with E-state index in [9.17, 15) is 9.59 Å². The minimum atomic E-state index is -0.150. The molecule has 2 heterocycles. The SMILES string of the molecule is O=C(CCCN1C(=O)C(=Cc2ccco2)SC1=S)Nc1ccc(-c2ccccc2)cc1. The number of amides is 2. The van der Waals surface area contributed by atoms with Crippen LogP contribution < -0.4 is 5.32 Å². The lowest BCUT2D eigenvalue weighted by Crippen LogP contribution is -2.29. The summed E-state index contributed by atoms with van der Waals surface area (Å²) in [5.41, 5.74) is 2.97. The summed E-state index contributed by atoms with van der Waals surface area (Å²) < 4.78 is 5.76. The van der Waals surface area contributed by atoms with Gasteiger partial charge in [-0.1, -0.05) is 66.4 Å². The van der Waals surface area contributed by atoms with Crippen LogP contribution in [-0.2, 0) is 9.59 Å². The first-order valence-corrected chi connectivity index (χ1v) is 11.1. The van der Waals surface area contributed by atoms with Crippen molar-refractivity contribution in [1.29, 1.82) is 0 Å². The highest BCUT2D eigenvalue weighted by molar-refractivity contribution is 8.26. The summed E-state index contributed by atoms with van der Waals surface area (Å²) in [6.45, 7) is 0.403. The molecule has 156 valence electrons. The van der Waals surface area contributed by atoms with Gasteiger partial charge in [0.1, 0.15) is 10.1 Å². The summed E-state index contributed by atoms with van der Waals surface area (Å²) in [7, 11) is 0. The number of rotatable bonds is 7. The van der Waals surface area contributed by atoms with Gasteiger partial charge in [0.05, 0.1) is 11.2 Å². The average molecular weight is 449 g/mol. The molecule has 1 N–H and O–H groups in total. The van der Waals surface area contributed by atoms with Crippen molar-refractivity contribution in [2.24, 2.45) is 0 Å². The van der Waals surface area contributed by atoms with Crippen molar-refractivity contribution >= 4 is 51.9 Å². The van der Waals surface area contributed by atoms with Crippen molar-refractivity contribution in [1.82, 2.24) is 4.90 Å². The third-order valence-corrected chi connectivity index (χ3v) is 6.13. The zero-order valence-electron chi connectivity index (χ0n) is 16.6. The van der Waals surface area contributed by atoms with Crippen molar-refractivity contribution in [3.63, 3.8) is 0 Å². The molecule has 0 aliphatic carbocycles. The van der Waals surface area contributed by atoms with Crippen LogP contribution in [0.25, 0.3) is 17.2 Å². The number of nitrogens with one attached hydrogen (secondary N) is 1. The van der Waals surface area contributed by atoms with Gasteiger partial charge in [0.25, 0.3) is 5.91 Å². The molecule has 2 aromatic carbocycles. The first kappa shape index (κ1) is 21.1. The molecule has 0 radical (unpaired) electrons. The molecule has 4 rings (SSSR count). The molecule has 3 aromatic rings. The summed E-state index contributed by atoms with van der Waals surface area (Å²) >= 11 is 6.57. The van der Waals surface area contributed by atoms with Gasteiger partial charge in [-0.15, -0.1) is 0 Å². The van der Waals surface area contributed by atoms with Crippen LogP contribution in [0.3, 0.4) is 0 Å². The molecular formula is C24H20N2O3S2. The standard InChI is InChI=1S/C24H20N2O3S2/c27-22(25-19-12-10-18(11-13-19)17-6-2-1-3-7-17)9-4-14-26-23(28)21(31-24(26)30)16-20-8-5-15-29-20/h1-3,5-8,10-13,15-16H,4,9,14H2,(H,25,27). The molecule has 7 heteroatoms. The van der Waals surface area contributed by atoms with E-state index in [2.05, 4.69) is 5.32 Å². The Hall–Kier alpha value is -3.16. The molecule has 1 aliphatic heterocycles. The van der Waals surface area contributed by atoms with Crippen LogP contribution in [0, 0.1) is 0 Å². The highest BCUT2D eigenvalue weighted by Crippen LogP contribution is 2.32. The van der Waals surface area contributed by atoms with Crippen molar-refractivity contribution < 1.29 is 14.0 Å². The first-order chi connectivity index (χ1) is 15.1. The van der Waals surface area contributed by atoms with Gasteiger partial charge in [0.15, 0.2) is 0 Å². The van der Waals surface area contributed by atoms with E-state index in [4.69, 9.17) is 16.6 Å². The van der Waals surface area contributed by atoms with E-state index in [1.807, 2.05) is 54.6 Å². The van der Waals surface area contributed by atoms with Crippen LogP contribution in [0.5, 0.6) is 0 Å². The zero-order chi connectivity index (χ0) is 21.6. The number of thioether (sulfide) groups is 1. The zero-order valence-corrected chi connectivity index (χ0v) is 18.2. The maximum Gasteiger partial charge on any atom is 0.266 e. The normalized spacial score (nSPS) is 15.0. The Morgan fingerprint density at radius 3 is 2.48 bits per heavy atom. The molecule has 1 fully saturated rings. The van der Waals surface area contributed by atoms with E-state index in [-0.39, 0.29) is 11.8 Å². The summed E-state index contributed by atoms with van der Waals surface area (Å²) in [5.74, 6) is 0.366. The molecule has 0 spiro atoms. The molecule has 5 nitrogen and oxygen atoms in total. The van der Waals surface area contributed by atoms with Crippen molar-refractivity contribution in [3.8, 4) is 11.1 Å². The van der Waals surface area contributed by atoms with E-state index >= 15 is 0 Å². The molecular weight excluding hydrogens is 428 g/mol. The lowest BCUT2D eigenvalue weighted by atomic mass is 10.1. The van der Waals surface area contributed by atoms with E-state index in [0.717, 1.165) is 16.8 Å². The second-order valence-corrected chi connectivity index (χ2v) is 8.62. The minimum Gasteiger partial charge on any atom is -0.465 e. The van der Waals surface area contributed by atoms with Crippen LogP contribution in [0.15, 0.2) is 82.3 Å². The number of nitrogens with zero attached hydrogens (tertiary/aromatic N) is 1. The number of hydrogen-bond donors (Lipinski definition) is 1. The monoisotopic (exact) mass is 448 g/mol. The second kappa shape index (κ2) is 9.76. The number of benzene rings is 2. The third kappa shape index (κ3) is 5.31. The van der Waals surface area contributed by atoms with Gasteiger partial charge >= 0.3 is 0 Å². The molecule has 0 atom stereocenters. The number of thiocarbonyl (C=S) groups is 1. The molecule has 1 saturated heterocycles. The lowest BCUT2D eigenvalue weighted by Gasteiger charge is -2.14. The maximum absolute atomic E-state index is 12.6. The fourth-order valence-corrected chi connectivity index (χ4v) is 4.48. The van der Waals surface area contributed by atoms with Crippen LogP contribution >= 0.6 is 24.0 Å². The molecule has 31 heavy (non-hydrogen) atoms. The summed E-state index contributed by atoms with van der Waals surface area (Å²) in [6.07, 6.45) is 4.06. The average Bonchev–Trinajstić information content (AvgIpc) is 3.38. The van der Waals surface area contributed by atoms with Crippen molar-refractivity contribution in [3.05, 3.63) is 83.7 Å². The minimum absolute atomic E-state index is 0.0935. The summed E-state index contributed by atoms with van der Waals surface area (Å²) in [4.78, 5) is 26.9. The molecule has 0 bridgehead atoms. The quantitative estimate of drug-likeness (QED) is 0.378. The van der Waals surface area contributed by atoms with E-state index in [1.165, 1.54) is 16.7 Å². The lowest BCUT2D eigenvalue weighted by molar-refractivity contribution is -0.122. The number of furan rings is 1. The number of carbonyl (C=O) groups excluding carboxylic acids is 2. The third-order valence-electron chi connectivity index (χ3n) is 4.75. The molecule has 2 amide bonds. The van der Waals surface area contributed by atoms with Crippen LogP contribution in [0.1, 0.15) is 18.6 Å². The van der Waals surface area contributed by atoms with E-state index in [0.29, 0.717) is 34.4 Å². The fourth-order valence-electron chi connectivity index (χ4n) is 3.19. The molecule has 0 saturated carbocycles. The largest absolute Gasteiger partial charge is 0.465 e. The Balaban J connectivity index is 1.26. The predicted octanol–water partition coefficient (Wildman–Crippen LogP) is 5.57. The van der Waals surface area contributed by atoms with Crippen molar-refractivity contribution in [2.75, 3.05) is 11.9 Å². The Kier molecular flexibility index (Phi) is 6.64. The Morgan fingerprint density at radius 2 is 1.77 bits per heavy atom. The molecule has 1 aromatic heterocycles. The van der Waals surface area contributed by atoms with Gasteiger partial charge in [0.2, 0.25) is 5.91 Å². The maximum atomic E-state index is 12.6. The summed E-state index contributed by atoms with van der Waals surface area (Å²) in [6, 6.07) is 21.4. The smallest absolute Gasteiger partial charge is 0.266 e. The fraction of sp³-hybridized carbons (Fsp3) is 0.125. The van der Waals surface area contributed by atoms with Crippen LogP contribution in [-0.4, -0.2) is 27.6 Å². The highest BCUT2D eigenvalue weighted by atomic mass is 32.2. The number of carbonyl (C=O) groups is 2. The number of anilines is 1.